The van der Waals surface area contributed by atoms with E-state index in [1.807, 2.05) is 47.9 Å². The molecule has 0 aliphatic rings. The van der Waals surface area contributed by atoms with Gasteiger partial charge in [0, 0.05) is 23.6 Å². The van der Waals surface area contributed by atoms with Gasteiger partial charge in [0.05, 0.1) is 6.61 Å². The van der Waals surface area contributed by atoms with Crippen molar-refractivity contribution in [3.63, 3.8) is 0 Å². The molecule has 1 aromatic carbocycles. The molecule has 2 heterocycles. The van der Waals surface area contributed by atoms with Crippen LogP contribution in [-0.4, -0.2) is 37.6 Å². The molecule has 134 valence electrons. The van der Waals surface area contributed by atoms with Crippen molar-refractivity contribution in [2.45, 2.75) is 31.2 Å². The zero-order valence-corrected chi connectivity index (χ0v) is 15.7. The third-order valence-electron chi connectivity index (χ3n) is 3.75. The maximum atomic E-state index is 12.0. The first-order chi connectivity index (χ1) is 12.6. The average Bonchev–Trinajstić information content (AvgIpc) is 3.07. The van der Waals surface area contributed by atoms with Gasteiger partial charge < -0.3 is 4.74 Å². The molecule has 1 atom stereocenters. The molecule has 0 spiro atoms. The van der Waals surface area contributed by atoms with Crippen molar-refractivity contribution < 1.29 is 9.53 Å². The topological polar surface area (TPSA) is 69.9 Å². The van der Waals surface area contributed by atoms with Gasteiger partial charge in [-0.05, 0) is 45.0 Å². The Morgan fingerprint density at radius 2 is 2.00 bits per heavy atom. The number of ether oxygens (including phenoxy) is 1. The molecule has 0 saturated heterocycles. The first-order valence-electron chi connectivity index (χ1n) is 8.36. The fraction of sp³-hybridized carbons (Fsp3) is 0.263. The lowest BCUT2D eigenvalue weighted by Crippen LogP contribution is -2.17. The van der Waals surface area contributed by atoms with E-state index in [4.69, 9.17) is 4.74 Å². The maximum absolute atomic E-state index is 12.0. The molecule has 3 aromatic rings. The second-order valence-corrected chi connectivity index (χ2v) is 7.04. The molecule has 26 heavy (non-hydrogen) atoms. The fourth-order valence-corrected chi connectivity index (χ4v) is 3.29. The van der Waals surface area contributed by atoms with Crippen molar-refractivity contribution in [2.75, 3.05) is 6.61 Å². The Bertz CT molecular complexity index is 878. The summed E-state index contributed by atoms with van der Waals surface area (Å²) in [6, 6.07) is 11.9. The molecule has 0 bridgehead atoms. The lowest BCUT2D eigenvalue weighted by Gasteiger charge is -2.13. The van der Waals surface area contributed by atoms with Gasteiger partial charge in [0.25, 0.3) is 0 Å². The minimum absolute atomic E-state index is 0.265. The van der Waals surface area contributed by atoms with Gasteiger partial charge in [-0.15, -0.1) is 10.2 Å². The van der Waals surface area contributed by atoms with E-state index in [9.17, 15) is 4.79 Å². The smallest absolute Gasteiger partial charge is 0.319 e. The molecule has 6 nitrogen and oxygen atoms in total. The Morgan fingerprint density at radius 1 is 1.23 bits per heavy atom. The number of benzene rings is 1. The lowest BCUT2D eigenvalue weighted by molar-refractivity contribution is -0.142. The molecule has 0 aliphatic heterocycles. The fourth-order valence-electron chi connectivity index (χ4n) is 2.42. The van der Waals surface area contributed by atoms with Crippen molar-refractivity contribution in [3.8, 4) is 17.1 Å². The van der Waals surface area contributed by atoms with Gasteiger partial charge in [-0.25, -0.2) is 0 Å². The van der Waals surface area contributed by atoms with Gasteiger partial charge >= 0.3 is 5.97 Å². The molecule has 0 aliphatic carbocycles. The minimum Gasteiger partial charge on any atom is -0.465 e. The second kappa shape index (κ2) is 8.14. The largest absolute Gasteiger partial charge is 0.465 e. The van der Waals surface area contributed by atoms with Crippen molar-refractivity contribution >= 4 is 17.7 Å². The van der Waals surface area contributed by atoms with Crippen LogP contribution in [0.25, 0.3) is 17.1 Å². The number of pyridine rings is 1. The highest BCUT2D eigenvalue weighted by molar-refractivity contribution is 8.00. The Labute approximate surface area is 156 Å². The molecule has 0 amide bonds. The predicted octanol–water partition coefficient (Wildman–Crippen LogP) is 3.68. The molecule has 7 heteroatoms. The summed E-state index contributed by atoms with van der Waals surface area (Å²) in [5.41, 5.74) is 2.95. The lowest BCUT2D eigenvalue weighted by atomic mass is 10.2. The van der Waals surface area contributed by atoms with Crippen LogP contribution < -0.4 is 0 Å². The normalized spacial score (nSPS) is 12.0. The molecule has 0 N–H and O–H groups in total. The van der Waals surface area contributed by atoms with Crippen LogP contribution >= 0.6 is 11.8 Å². The molecule has 0 saturated carbocycles. The Morgan fingerprint density at radius 3 is 2.65 bits per heavy atom. The number of aryl methyl sites for hydroxylation is 1. The first kappa shape index (κ1) is 18.1. The summed E-state index contributed by atoms with van der Waals surface area (Å²) in [6.45, 7) is 6.00. The number of rotatable bonds is 6. The summed E-state index contributed by atoms with van der Waals surface area (Å²) < 4.78 is 7.04. The van der Waals surface area contributed by atoms with Crippen LogP contribution in [0, 0.1) is 6.92 Å². The van der Waals surface area contributed by atoms with E-state index in [0.717, 1.165) is 11.3 Å². The van der Waals surface area contributed by atoms with E-state index in [2.05, 4.69) is 15.2 Å². The highest BCUT2D eigenvalue weighted by atomic mass is 32.2. The second-order valence-electron chi connectivity index (χ2n) is 5.73. The molecule has 2 aromatic heterocycles. The Hall–Kier alpha value is -2.67. The van der Waals surface area contributed by atoms with E-state index in [1.54, 1.807) is 26.2 Å². The minimum atomic E-state index is -0.384. The molecular formula is C19H20N4O2S. The van der Waals surface area contributed by atoms with Crippen LogP contribution in [0.3, 0.4) is 0 Å². The van der Waals surface area contributed by atoms with E-state index in [0.29, 0.717) is 17.6 Å². The number of aromatic nitrogens is 4. The van der Waals surface area contributed by atoms with Crippen LogP contribution in [0.4, 0.5) is 0 Å². The van der Waals surface area contributed by atoms with Crippen molar-refractivity contribution in [2.24, 2.45) is 0 Å². The van der Waals surface area contributed by atoms with E-state index >= 15 is 0 Å². The highest BCUT2D eigenvalue weighted by Crippen LogP contribution is 2.30. The zero-order valence-electron chi connectivity index (χ0n) is 14.9. The van der Waals surface area contributed by atoms with Gasteiger partial charge in [-0.1, -0.05) is 29.5 Å². The molecular weight excluding hydrogens is 348 g/mol. The molecule has 0 fully saturated rings. The van der Waals surface area contributed by atoms with Crippen molar-refractivity contribution in [1.29, 1.82) is 0 Å². The summed E-state index contributed by atoms with van der Waals surface area (Å²) in [6.07, 6.45) is 3.46. The number of hydrogen-bond donors (Lipinski definition) is 0. The SMILES string of the molecule is CCOC(=O)C(C)Sc1nnc(-c2cccnc2)n1-c1ccc(C)cc1. The summed E-state index contributed by atoms with van der Waals surface area (Å²) in [5.74, 6) is 0.416. The van der Waals surface area contributed by atoms with Gasteiger partial charge in [-0.3, -0.25) is 14.3 Å². The van der Waals surface area contributed by atoms with Crippen LogP contribution in [-0.2, 0) is 9.53 Å². The first-order valence-corrected chi connectivity index (χ1v) is 9.24. The van der Waals surface area contributed by atoms with E-state index < -0.39 is 0 Å². The van der Waals surface area contributed by atoms with Gasteiger partial charge in [0.1, 0.15) is 5.25 Å². The number of carbonyl (C=O) groups excluding carboxylic acids is 1. The van der Waals surface area contributed by atoms with Gasteiger partial charge in [0.15, 0.2) is 11.0 Å². The van der Waals surface area contributed by atoms with Crippen LogP contribution in [0.5, 0.6) is 0 Å². The van der Waals surface area contributed by atoms with Crippen LogP contribution in [0.2, 0.25) is 0 Å². The molecule has 3 rings (SSSR count). The monoisotopic (exact) mass is 368 g/mol. The van der Waals surface area contributed by atoms with E-state index in [-0.39, 0.29) is 11.2 Å². The number of esters is 1. The Kier molecular flexibility index (Phi) is 5.68. The maximum Gasteiger partial charge on any atom is 0.319 e. The number of thioether (sulfide) groups is 1. The third-order valence-corrected chi connectivity index (χ3v) is 4.77. The van der Waals surface area contributed by atoms with E-state index in [1.165, 1.54) is 17.3 Å². The Balaban J connectivity index is 2.03. The van der Waals surface area contributed by atoms with Crippen molar-refractivity contribution in [1.82, 2.24) is 19.7 Å². The number of hydrogen-bond acceptors (Lipinski definition) is 6. The number of nitrogens with zero attached hydrogens (tertiary/aromatic N) is 4. The summed E-state index contributed by atoms with van der Waals surface area (Å²) in [7, 11) is 0. The zero-order chi connectivity index (χ0) is 18.5. The third kappa shape index (κ3) is 3.94. The summed E-state index contributed by atoms with van der Waals surface area (Å²) in [4.78, 5) is 16.2. The highest BCUT2D eigenvalue weighted by Gasteiger charge is 2.22. The van der Waals surface area contributed by atoms with Gasteiger partial charge in [-0.2, -0.15) is 0 Å². The molecule has 1 unspecified atom stereocenters. The quantitative estimate of drug-likeness (QED) is 0.488. The number of carbonyl (C=O) groups is 1. The summed E-state index contributed by atoms with van der Waals surface area (Å²) >= 11 is 1.33. The van der Waals surface area contributed by atoms with Crippen molar-refractivity contribution in [3.05, 3.63) is 54.4 Å². The summed E-state index contributed by atoms with van der Waals surface area (Å²) in [5, 5.41) is 8.91. The van der Waals surface area contributed by atoms with Gasteiger partial charge in [0.2, 0.25) is 0 Å². The predicted molar refractivity (Wildman–Crippen MR) is 101 cm³/mol. The average molecular weight is 368 g/mol. The van der Waals surface area contributed by atoms with Crippen LogP contribution in [0.1, 0.15) is 19.4 Å². The van der Waals surface area contributed by atoms with Crippen LogP contribution in [0.15, 0.2) is 53.9 Å². The standard InChI is InChI=1S/C19H20N4O2S/c1-4-25-18(24)14(3)26-19-22-21-17(15-6-5-11-20-12-15)23(19)16-9-7-13(2)8-10-16/h5-12,14H,4H2,1-3H3. The molecule has 0 radical (unpaired) electrons.